The van der Waals surface area contributed by atoms with Gasteiger partial charge in [0.05, 0.1) is 17.1 Å². The second-order valence-electron chi connectivity index (χ2n) is 8.43. The van der Waals surface area contributed by atoms with Gasteiger partial charge in [0.1, 0.15) is 11.3 Å². The minimum absolute atomic E-state index is 0.264. The second kappa shape index (κ2) is 8.95. The third kappa shape index (κ3) is 4.05. The van der Waals surface area contributed by atoms with Crippen LogP contribution < -0.4 is 10.1 Å². The van der Waals surface area contributed by atoms with Crippen LogP contribution in [-0.2, 0) is 0 Å². The van der Waals surface area contributed by atoms with E-state index < -0.39 is 0 Å². The van der Waals surface area contributed by atoms with E-state index in [-0.39, 0.29) is 5.91 Å². The van der Waals surface area contributed by atoms with Gasteiger partial charge in [-0.3, -0.25) is 4.79 Å². The van der Waals surface area contributed by atoms with Crippen LogP contribution in [0.25, 0.3) is 33.3 Å². The lowest BCUT2D eigenvalue weighted by Gasteiger charge is -2.14. The van der Waals surface area contributed by atoms with E-state index in [2.05, 4.69) is 52.2 Å². The normalized spacial score (nSPS) is 11.3. The summed E-state index contributed by atoms with van der Waals surface area (Å²) in [5.41, 5.74) is 4.64. The number of rotatable bonds is 5. The third-order valence-electron chi connectivity index (χ3n) is 5.84. The van der Waals surface area contributed by atoms with Crippen LogP contribution >= 0.6 is 15.9 Å². The van der Waals surface area contributed by atoms with Crippen molar-refractivity contribution >= 4 is 49.4 Å². The molecule has 0 unspecified atom stereocenters. The van der Waals surface area contributed by atoms with Crippen LogP contribution in [0.2, 0.25) is 0 Å². The molecule has 0 fully saturated rings. The van der Waals surface area contributed by atoms with E-state index in [0.29, 0.717) is 28.8 Å². The SMILES string of the molecule is COc1c(C(=O)Nc2cccc(-c3nc4cc(C(C)C)ccc4o3)c2)cc2ccccc2c1Br. The molecule has 0 bridgehead atoms. The number of methoxy groups -OCH3 is 1. The van der Waals surface area contributed by atoms with Gasteiger partial charge >= 0.3 is 0 Å². The monoisotopic (exact) mass is 514 g/mol. The van der Waals surface area contributed by atoms with Gasteiger partial charge in [-0.15, -0.1) is 0 Å². The fourth-order valence-electron chi connectivity index (χ4n) is 4.01. The van der Waals surface area contributed by atoms with Crippen molar-refractivity contribution in [2.24, 2.45) is 0 Å². The number of amides is 1. The molecule has 170 valence electrons. The second-order valence-corrected chi connectivity index (χ2v) is 9.22. The fraction of sp³-hybridized carbons (Fsp3) is 0.143. The summed E-state index contributed by atoms with van der Waals surface area (Å²) in [7, 11) is 1.56. The average molecular weight is 515 g/mol. The summed E-state index contributed by atoms with van der Waals surface area (Å²) >= 11 is 3.59. The van der Waals surface area contributed by atoms with Crippen molar-refractivity contribution in [1.29, 1.82) is 0 Å². The summed E-state index contributed by atoms with van der Waals surface area (Å²) in [4.78, 5) is 17.9. The van der Waals surface area contributed by atoms with Crippen molar-refractivity contribution < 1.29 is 13.9 Å². The number of halogens is 1. The molecule has 0 spiro atoms. The first-order valence-corrected chi connectivity index (χ1v) is 11.8. The van der Waals surface area contributed by atoms with Crippen molar-refractivity contribution in [1.82, 2.24) is 4.98 Å². The van der Waals surface area contributed by atoms with Gasteiger partial charge < -0.3 is 14.5 Å². The van der Waals surface area contributed by atoms with Gasteiger partial charge in [-0.25, -0.2) is 4.98 Å². The van der Waals surface area contributed by atoms with Crippen LogP contribution in [0.3, 0.4) is 0 Å². The molecule has 1 aromatic heterocycles. The zero-order valence-electron chi connectivity index (χ0n) is 19.1. The van der Waals surface area contributed by atoms with E-state index in [1.165, 1.54) is 5.56 Å². The number of fused-ring (bicyclic) bond motifs is 2. The number of oxazole rings is 1. The Bertz CT molecular complexity index is 1540. The third-order valence-corrected chi connectivity index (χ3v) is 6.62. The minimum Gasteiger partial charge on any atom is -0.495 e. The van der Waals surface area contributed by atoms with E-state index in [1.807, 2.05) is 60.7 Å². The first-order chi connectivity index (χ1) is 16.4. The Morgan fingerprint density at radius 2 is 1.85 bits per heavy atom. The van der Waals surface area contributed by atoms with E-state index in [1.54, 1.807) is 7.11 Å². The predicted molar refractivity (Wildman–Crippen MR) is 140 cm³/mol. The van der Waals surface area contributed by atoms with E-state index in [4.69, 9.17) is 9.15 Å². The standard InChI is InChI=1S/C28H23BrN2O3/c1-16(2)17-11-12-24-23(15-17)31-28(34-24)19-8-6-9-20(13-19)30-27(32)22-14-18-7-4-5-10-21(18)25(29)26(22)33-3/h4-16H,1-3H3,(H,30,32). The number of ether oxygens (including phenoxy) is 1. The first kappa shape index (κ1) is 22.2. The van der Waals surface area contributed by atoms with Crippen LogP contribution in [0.5, 0.6) is 5.75 Å². The van der Waals surface area contributed by atoms with Gasteiger partial charge in [-0.1, -0.05) is 50.2 Å². The van der Waals surface area contributed by atoms with Crippen molar-refractivity contribution in [3.8, 4) is 17.2 Å². The fourth-order valence-corrected chi connectivity index (χ4v) is 4.74. The van der Waals surface area contributed by atoms with E-state index in [9.17, 15) is 4.79 Å². The molecule has 1 N–H and O–H groups in total. The first-order valence-electron chi connectivity index (χ1n) is 11.0. The highest BCUT2D eigenvalue weighted by molar-refractivity contribution is 9.10. The van der Waals surface area contributed by atoms with Crippen LogP contribution in [0.15, 0.2) is 81.7 Å². The number of benzene rings is 4. The molecule has 1 amide bonds. The number of hydrogen-bond donors (Lipinski definition) is 1. The average Bonchev–Trinajstić information content (AvgIpc) is 3.28. The highest BCUT2D eigenvalue weighted by atomic mass is 79.9. The summed E-state index contributed by atoms with van der Waals surface area (Å²) in [6.45, 7) is 4.30. The van der Waals surface area contributed by atoms with Gasteiger partial charge in [0.25, 0.3) is 5.91 Å². The zero-order valence-corrected chi connectivity index (χ0v) is 20.6. The molecule has 4 aromatic carbocycles. The van der Waals surface area contributed by atoms with Crippen molar-refractivity contribution in [3.63, 3.8) is 0 Å². The number of aromatic nitrogens is 1. The summed E-state index contributed by atoms with van der Waals surface area (Å²) < 4.78 is 12.3. The number of anilines is 1. The van der Waals surface area contributed by atoms with Crippen LogP contribution in [0.1, 0.15) is 35.7 Å². The largest absolute Gasteiger partial charge is 0.495 e. The van der Waals surface area contributed by atoms with Crippen LogP contribution in [-0.4, -0.2) is 18.0 Å². The summed E-state index contributed by atoms with van der Waals surface area (Å²) in [5, 5.41) is 4.91. The maximum atomic E-state index is 13.2. The maximum absolute atomic E-state index is 13.2. The molecule has 5 rings (SSSR count). The Morgan fingerprint density at radius 1 is 1.03 bits per heavy atom. The molecule has 5 nitrogen and oxygen atoms in total. The Morgan fingerprint density at radius 3 is 2.65 bits per heavy atom. The minimum atomic E-state index is -0.264. The molecule has 0 saturated carbocycles. The number of hydrogen-bond acceptors (Lipinski definition) is 4. The summed E-state index contributed by atoms with van der Waals surface area (Å²) in [6, 6.07) is 23.2. The van der Waals surface area contributed by atoms with Gasteiger partial charge in [-0.05, 0) is 74.6 Å². The summed E-state index contributed by atoms with van der Waals surface area (Å²) in [5.74, 6) is 1.15. The Kier molecular flexibility index (Phi) is 5.84. The Balaban J connectivity index is 1.47. The van der Waals surface area contributed by atoms with Crippen molar-refractivity contribution in [2.75, 3.05) is 12.4 Å². The number of carbonyl (C=O) groups is 1. The molecule has 1 heterocycles. The smallest absolute Gasteiger partial charge is 0.259 e. The predicted octanol–water partition coefficient (Wildman–Crippen LogP) is 7.79. The van der Waals surface area contributed by atoms with Crippen molar-refractivity contribution in [2.45, 2.75) is 19.8 Å². The van der Waals surface area contributed by atoms with Crippen LogP contribution in [0, 0.1) is 0 Å². The molecule has 6 heteroatoms. The van der Waals surface area contributed by atoms with E-state index >= 15 is 0 Å². The van der Waals surface area contributed by atoms with Gasteiger partial charge in [0, 0.05) is 11.3 Å². The van der Waals surface area contributed by atoms with Gasteiger partial charge in [0.15, 0.2) is 5.58 Å². The lowest BCUT2D eigenvalue weighted by molar-refractivity contribution is 0.102. The molecule has 0 aliphatic heterocycles. The molecule has 34 heavy (non-hydrogen) atoms. The molecule has 0 radical (unpaired) electrons. The molecule has 0 aliphatic rings. The van der Waals surface area contributed by atoms with Crippen LogP contribution in [0.4, 0.5) is 5.69 Å². The topological polar surface area (TPSA) is 64.4 Å². The number of nitrogens with one attached hydrogen (secondary N) is 1. The summed E-state index contributed by atoms with van der Waals surface area (Å²) in [6.07, 6.45) is 0. The highest BCUT2D eigenvalue weighted by Crippen LogP contribution is 2.37. The van der Waals surface area contributed by atoms with Crippen molar-refractivity contribution in [3.05, 3.63) is 88.4 Å². The lowest BCUT2D eigenvalue weighted by atomic mass is 10.0. The zero-order chi connectivity index (χ0) is 23.8. The van der Waals surface area contributed by atoms with Gasteiger partial charge in [0.2, 0.25) is 5.89 Å². The molecule has 0 saturated heterocycles. The molecule has 5 aromatic rings. The number of nitrogens with zero attached hydrogens (tertiary/aromatic N) is 1. The van der Waals surface area contributed by atoms with E-state index in [0.717, 1.165) is 31.9 Å². The van der Waals surface area contributed by atoms with Gasteiger partial charge in [-0.2, -0.15) is 0 Å². The molecular weight excluding hydrogens is 492 g/mol. The molecule has 0 atom stereocenters. The Labute approximate surface area is 205 Å². The molecule has 0 aliphatic carbocycles. The quantitative estimate of drug-likeness (QED) is 0.260. The maximum Gasteiger partial charge on any atom is 0.259 e. The number of carbonyl (C=O) groups excluding carboxylic acids is 1. The Hall–Kier alpha value is -3.64. The lowest BCUT2D eigenvalue weighted by Crippen LogP contribution is -2.13. The molecular formula is C28H23BrN2O3. The highest BCUT2D eigenvalue weighted by Gasteiger charge is 2.19.